The average molecular weight is 492 g/mol. The van der Waals surface area contributed by atoms with Crippen molar-refractivity contribution >= 4 is 23.3 Å². The van der Waals surface area contributed by atoms with Crippen LogP contribution in [0.2, 0.25) is 5.02 Å². The summed E-state index contributed by atoms with van der Waals surface area (Å²) in [4.78, 5) is 23.0. The molecular weight excluding hydrogens is 474 g/mol. The number of nitriles is 1. The minimum atomic E-state index is -0.690. The van der Waals surface area contributed by atoms with Gasteiger partial charge >= 0.3 is 5.97 Å². The minimum Gasteiger partial charge on any atom is -0.482 e. The first-order valence-electron chi connectivity index (χ1n) is 10.3. The number of nitrogens with zero attached hydrogens (tertiary/aromatic N) is 2. The Morgan fingerprint density at radius 3 is 2.74 bits per heavy atom. The Morgan fingerprint density at radius 2 is 2.03 bits per heavy atom. The van der Waals surface area contributed by atoms with Gasteiger partial charge in [-0.25, -0.2) is 4.79 Å². The molecule has 10 heteroatoms. The zero-order chi connectivity index (χ0) is 25.1. The highest BCUT2D eigenvalue weighted by atomic mass is 35.5. The normalized spacial score (nSPS) is 14.4. The number of halogens is 1. The lowest BCUT2D eigenvalue weighted by Crippen LogP contribution is -2.22. The van der Waals surface area contributed by atoms with Gasteiger partial charge in [-0.05, 0) is 42.3 Å². The van der Waals surface area contributed by atoms with Gasteiger partial charge in [0, 0.05) is 28.8 Å². The summed E-state index contributed by atoms with van der Waals surface area (Å²) in [5.74, 6) is -0.534. The van der Waals surface area contributed by atoms with Crippen LogP contribution in [0.25, 0.3) is 0 Å². The third-order valence-corrected chi connectivity index (χ3v) is 5.55. The summed E-state index contributed by atoms with van der Waals surface area (Å²) in [6.07, 6.45) is 0. The molecule has 1 unspecified atom stereocenters. The number of nitro benzene ring substituents is 1. The standard InChI is InChI=1S/C25H18ClN3O6/c1-14-9-16(26)5-8-21(14)33-13-23(30)34-18-6-7-19-22(11-18)35-25(28)20(12-27)24(19)15-3-2-4-17(10-15)29(31)32/h2-11,24H,13,28H2,1H3. The van der Waals surface area contributed by atoms with Crippen molar-refractivity contribution in [1.82, 2.24) is 0 Å². The lowest BCUT2D eigenvalue weighted by Gasteiger charge is -2.26. The first-order chi connectivity index (χ1) is 16.8. The number of carbonyl (C=O) groups excluding carboxylic acids is 1. The predicted molar refractivity (Wildman–Crippen MR) is 126 cm³/mol. The fourth-order valence-electron chi connectivity index (χ4n) is 3.73. The van der Waals surface area contributed by atoms with Gasteiger partial charge < -0.3 is 19.9 Å². The smallest absolute Gasteiger partial charge is 0.349 e. The molecule has 1 aliphatic heterocycles. The second-order valence-corrected chi connectivity index (χ2v) is 8.09. The highest BCUT2D eigenvalue weighted by molar-refractivity contribution is 6.30. The maximum atomic E-state index is 12.3. The number of fused-ring (bicyclic) bond motifs is 1. The summed E-state index contributed by atoms with van der Waals surface area (Å²) in [5.41, 5.74) is 7.80. The number of benzene rings is 3. The van der Waals surface area contributed by atoms with Crippen LogP contribution < -0.4 is 19.9 Å². The molecule has 1 atom stereocenters. The van der Waals surface area contributed by atoms with Crippen LogP contribution in [-0.2, 0) is 4.79 Å². The highest BCUT2D eigenvalue weighted by Gasteiger charge is 2.32. The monoisotopic (exact) mass is 491 g/mol. The van der Waals surface area contributed by atoms with Gasteiger partial charge in [0.2, 0.25) is 5.88 Å². The molecule has 3 aromatic rings. The molecule has 1 aliphatic rings. The van der Waals surface area contributed by atoms with E-state index < -0.39 is 16.8 Å². The summed E-state index contributed by atoms with van der Waals surface area (Å²) in [7, 11) is 0. The van der Waals surface area contributed by atoms with Crippen molar-refractivity contribution in [3.05, 3.63) is 104 Å². The molecule has 35 heavy (non-hydrogen) atoms. The summed E-state index contributed by atoms with van der Waals surface area (Å²) in [6.45, 7) is 1.47. The topological polar surface area (TPSA) is 138 Å². The van der Waals surface area contributed by atoms with E-state index in [1.165, 1.54) is 30.3 Å². The Balaban J connectivity index is 1.57. The van der Waals surface area contributed by atoms with Gasteiger partial charge in [0.25, 0.3) is 5.69 Å². The average Bonchev–Trinajstić information content (AvgIpc) is 2.82. The van der Waals surface area contributed by atoms with Crippen LogP contribution in [0.1, 0.15) is 22.6 Å². The van der Waals surface area contributed by atoms with E-state index in [1.807, 2.05) is 6.07 Å². The second-order valence-electron chi connectivity index (χ2n) is 7.65. The van der Waals surface area contributed by atoms with Crippen LogP contribution in [0.15, 0.2) is 72.1 Å². The fraction of sp³-hybridized carbons (Fsp3) is 0.120. The maximum absolute atomic E-state index is 12.3. The molecule has 0 saturated heterocycles. The van der Waals surface area contributed by atoms with Gasteiger partial charge in [-0.1, -0.05) is 29.8 Å². The van der Waals surface area contributed by atoms with Crippen molar-refractivity contribution in [2.24, 2.45) is 5.73 Å². The Kier molecular flexibility index (Phi) is 6.57. The lowest BCUT2D eigenvalue weighted by molar-refractivity contribution is -0.384. The molecule has 2 N–H and O–H groups in total. The van der Waals surface area contributed by atoms with Crippen molar-refractivity contribution in [3.8, 4) is 23.3 Å². The van der Waals surface area contributed by atoms with E-state index in [1.54, 1.807) is 37.3 Å². The third kappa shape index (κ3) is 5.03. The molecule has 0 aromatic heterocycles. The van der Waals surface area contributed by atoms with Crippen molar-refractivity contribution in [3.63, 3.8) is 0 Å². The number of hydrogen-bond acceptors (Lipinski definition) is 8. The Bertz CT molecular complexity index is 1410. The molecule has 0 amide bonds. The first-order valence-corrected chi connectivity index (χ1v) is 10.7. The molecule has 3 aromatic carbocycles. The van der Waals surface area contributed by atoms with Gasteiger partial charge in [0.15, 0.2) is 6.61 Å². The molecule has 0 saturated carbocycles. The van der Waals surface area contributed by atoms with Crippen molar-refractivity contribution < 1.29 is 23.9 Å². The molecule has 9 nitrogen and oxygen atoms in total. The second kappa shape index (κ2) is 9.75. The van der Waals surface area contributed by atoms with Crippen LogP contribution in [0.4, 0.5) is 5.69 Å². The number of hydrogen-bond donors (Lipinski definition) is 1. The van der Waals surface area contributed by atoms with E-state index >= 15 is 0 Å². The Labute approximate surface area is 205 Å². The van der Waals surface area contributed by atoms with Gasteiger partial charge in [0.1, 0.15) is 28.9 Å². The maximum Gasteiger partial charge on any atom is 0.349 e. The van der Waals surface area contributed by atoms with Crippen molar-refractivity contribution in [2.45, 2.75) is 12.8 Å². The summed E-state index contributed by atoms with van der Waals surface area (Å²) in [6, 6.07) is 17.6. The number of nitro groups is 1. The number of rotatable bonds is 6. The Morgan fingerprint density at radius 1 is 1.23 bits per heavy atom. The molecule has 0 spiro atoms. The number of carbonyl (C=O) groups is 1. The quantitative estimate of drug-likeness (QED) is 0.225. The van der Waals surface area contributed by atoms with E-state index in [0.717, 1.165) is 5.56 Å². The molecule has 4 rings (SSSR count). The van der Waals surface area contributed by atoms with E-state index in [9.17, 15) is 20.2 Å². The van der Waals surface area contributed by atoms with Gasteiger partial charge in [-0.3, -0.25) is 10.1 Å². The van der Waals surface area contributed by atoms with Crippen LogP contribution in [-0.4, -0.2) is 17.5 Å². The molecule has 0 bridgehead atoms. The number of ether oxygens (including phenoxy) is 3. The zero-order valence-corrected chi connectivity index (χ0v) is 19.1. The van der Waals surface area contributed by atoms with E-state index in [2.05, 4.69) is 0 Å². The van der Waals surface area contributed by atoms with Crippen LogP contribution >= 0.6 is 11.6 Å². The van der Waals surface area contributed by atoms with E-state index in [-0.39, 0.29) is 35.2 Å². The van der Waals surface area contributed by atoms with Crippen LogP contribution in [0.5, 0.6) is 17.2 Å². The summed E-state index contributed by atoms with van der Waals surface area (Å²) in [5, 5.41) is 21.5. The highest BCUT2D eigenvalue weighted by Crippen LogP contribution is 2.44. The molecule has 1 heterocycles. The number of aryl methyl sites for hydroxylation is 1. The summed E-state index contributed by atoms with van der Waals surface area (Å²) < 4.78 is 16.5. The molecule has 0 radical (unpaired) electrons. The van der Waals surface area contributed by atoms with Crippen molar-refractivity contribution in [2.75, 3.05) is 6.61 Å². The summed E-state index contributed by atoms with van der Waals surface area (Å²) >= 11 is 5.93. The zero-order valence-electron chi connectivity index (χ0n) is 18.4. The van der Waals surface area contributed by atoms with E-state index in [4.69, 9.17) is 31.5 Å². The first kappa shape index (κ1) is 23.6. The number of esters is 1. The predicted octanol–water partition coefficient (Wildman–Crippen LogP) is 4.76. The van der Waals surface area contributed by atoms with Gasteiger partial charge in [-0.2, -0.15) is 5.26 Å². The Hall–Kier alpha value is -4.55. The van der Waals surface area contributed by atoms with Crippen molar-refractivity contribution in [1.29, 1.82) is 5.26 Å². The number of allylic oxidation sites excluding steroid dienone is 1. The molecular formula is C25H18ClN3O6. The minimum absolute atomic E-state index is 0.118. The SMILES string of the molecule is Cc1cc(Cl)ccc1OCC(=O)Oc1ccc2c(c1)OC(N)=C(C#N)C2c1cccc([N+](=O)[O-])c1. The molecule has 0 aliphatic carbocycles. The third-order valence-electron chi connectivity index (χ3n) is 5.32. The number of non-ortho nitro benzene ring substituents is 1. The molecule has 176 valence electrons. The van der Waals surface area contributed by atoms with Gasteiger partial charge in [-0.15, -0.1) is 0 Å². The van der Waals surface area contributed by atoms with Crippen LogP contribution in [0.3, 0.4) is 0 Å². The van der Waals surface area contributed by atoms with Gasteiger partial charge in [0.05, 0.1) is 10.8 Å². The van der Waals surface area contributed by atoms with Crippen LogP contribution in [0, 0.1) is 28.4 Å². The number of nitrogens with two attached hydrogens (primary N) is 1. The molecule has 0 fully saturated rings. The largest absolute Gasteiger partial charge is 0.482 e. The van der Waals surface area contributed by atoms with E-state index in [0.29, 0.717) is 21.9 Å². The fourth-order valence-corrected chi connectivity index (χ4v) is 3.96. The lowest BCUT2D eigenvalue weighted by atomic mass is 9.83.